The summed E-state index contributed by atoms with van der Waals surface area (Å²) in [6.45, 7) is 3.80. The average molecular weight is 357 g/mol. The van der Waals surface area contributed by atoms with Gasteiger partial charge in [-0.1, -0.05) is 18.7 Å². The largest absolute Gasteiger partial charge is 0.505 e. The molecular weight excluding hydrogens is 341 g/mol. The van der Waals surface area contributed by atoms with Gasteiger partial charge >= 0.3 is 5.63 Å². The maximum absolute atomic E-state index is 14.2. The van der Waals surface area contributed by atoms with Crippen LogP contribution in [0.4, 0.5) is 4.39 Å². The van der Waals surface area contributed by atoms with Crippen LogP contribution in [-0.4, -0.2) is 30.4 Å². The van der Waals surface area contributed by atoms with Crippen molar-refractivity contribution in [3.8, 4) is 22.6 Å². The molecule has 1 N–H and O–H groups in total. The first-order valence-electron chi connectivity index (χ1n) is 7.75. The van der Waals surface area contributed by atoms with Crippen LogP contribution in [0.2, 0.25) is 0 Å². The number of halogens is 1. The Labute approximate surface area is 148 Å². The number of hydrogen-bond donors (Lipinski definition) is 1. The van der Waals surface area contributed by atoms with E-state index in [4.69, 9.17) is 13.9 Å². The Hall–Kier alpha value is -3.19. The van der Waals surface area contributed by atoms with Gasteiger partial charge in [-0.05, 0) is 18.2 Å². The molecule has 26 heavy (non-hydrogen) atoms. The molecule has 0 aliphatic heterocycles. The first kappa shape index (κ1) is 17.6. The van der Waals surface area contributed by atoms with Gasteiger partial charge in [0.2, 0.25) is 0 Å². The molecule has 1 aromatic carbocycles. The van der Waals surface area contributed by atoms with Gasteiger partial charge in [-0.15, -0.1) is 0 Å². The third-order valence-corrected chi connectivity index (χ3v) is 3.75. The number of aromatic hydroxyl groups is 1. The third-order valence-electron chi connectivity index (χ3n) is 3.75. The van der Waals surface area contributed by atoms with Crippen LogP contribution in [0.25, 0.3) is 28.1 Å². The maximum atomic E-state index is 14.2. The molecule has 2 aromatic heterocycles. The number of nitrogens with zero attached hydrogens (tertiary/aromatic N) is 1. The van der Waals surface area contributed by atoms with Gasteiger partial charge in [-0.25, -0.2) is 14.2 Å². The number of aromatic nitrogens is 1. The number of rotatable bonds is 6. The van der Waals surface area contributed by atoms with E-state index in [-0.39, 0.29) is 40.1 Å². The lowest BCUT2D eigenvalue weighted by Gasteiger charge is -2.14. The fourth-order valence-electron chi connectivity index (χ4n) is 2.63. The Morgan fingerprint density at radius 3 is 2.85 bits per heavy atom. The van der Waals surface area contributed by atoms with Gasteiger partial charge in [0.05, 0.1) is 12.2 Å². The van der Waals surface area contributed by atoms with Crippen LogP contribution in [0.1, 0.15) is 5.56 Å². The Morgan fingerprint density at radius 2 is 2.12 bits per heavy atom. The van der Waals surface area contributed by atoms with Gasteiger partial charge in [-0.3, -0.25) is 0 Å². The Bertz CT molecular complexity index is 1030. The van der Waals surface area contributed by atoms with Gasteiger partial charge in [-0.2, -0.15) is 0 Å². The van der Waals surface area contributed by atoms with Crippen molar-refractivity contribution in [2.24, 2.45) is 0 Å². The maximum Gasteiger partial charge on any atom is 0.348 e. The predicted octanol–water partition coefficient (Wildman–Crippen LogP) is 3.53. The summed E-state index contributed by atoms with van der Waals surface area (Å²) in [6, 6.07) is 7.67. The molecule has 0 atom stereocenters. The number of benzene rings is 1. The molecule has 134 valence electrons. The molecule has 0 saturated heterocycles. The standard InChI is InChI=1S/C19H16FNO5/c1-11(20)15-12(5-3-6-13(15)25-10-9-24-2)16-18(22)17-14(26-19(16)23)7-4-8-21-17/h3-8,22H,1,9-10H2,2H3. The van der Waals surface area contributed by atoms with Crippen LogP contribution in [0.15, 0.2) is 52.3 Å². The van der Waals surface area contributed by atoms with Crippen LogP contribution in [0.5, 0.6) is 11.5 Å². The van der Waals surface area contributed by atoms with E-state index in [9.17, 15) is 14.3 Å². The molecule has 2 heterocycles. The van der Waals surface area contributed by atoms with E-state index in [1.54, 1.807) is 12.1 Å². The second kappa shape index (κ2) is 7.37. The Kier molecular flexibility index (Phi) is 4.99. The summed E-state index contributed by atoms with van der Waals surface area (Å²) in [4.78, 5) is 16.5. The second-order valence-corrected chi connectivity index (χ2v) is 5.39. The highest BCUT2D eigenvalue weighted by molar-refractivity contribution is 5.91. The van der Waals surface area contributed by atoms with Crippen LogP contribution >= 0.6 is 0 Å². The van der Waals surface area contributed by atoms with Gasteiger partial charge in [0.25, 0.3) is 0 Å². The molecule has 6 nitrogen and oxygen atoms in total. The number of fused-ring (bicyclic) bond motifs is 1. The molecule has 3 rings (SSSR count). The summed E-state index contributed by atoms with van der Waals surface area (Å²) in [7, 11) is 1.51. The smallest absolute Gasteiger partial charge is 0.348 e. The average Bonchev–Trinajstić information content (AvgIpc) is 2.62. The molecule has 0 spiro atoms. The highest BCUT2D eigenvalue weighted by atomic mass is 19.1. The lowest BCUT2D eigenvalue weighted by Crippen LogP contribution is -2.08. The zero-order valence-corrected chi connectivity index (χ0v) is 14.0. The minimum atomic E-state index is -0.820. The molecule has 7 heteroatoms. The molecule has 0 aliphatic rings. The lowest BCUT2D eigenvalue weighted by atomic mass is 9.98. The van der Waals surface area contributed by atoms with E-state index >= 15 is 0 Å². The summed E-state index contributed by atoms with van der Waals surface area (Å²) in [5, 5.41) is 10.6. The van der Waals surface area contributed by atoms with Crippen molar-refractivity contribution < 1.29 is 23.4 Å². The molecule has 0 saturated carbocycles. The van der Waals surface area contributed by atoms with E-state index in [0.29, 0.717) is 6.61 Å². The van der Waals surface area contributed by atoms with Crippen molar-refractivity contribution in [2.45, 2.75) is 0 Å². The molecular formula is C19H16FNO5. The normalized spacial score (nSPS) is 10.8. The van der Waals surface area contributed by atoms with E-state index in [1.807, 2.05) is 0 Å². The van der Waals surface area contributed by atoms with Gasteiger partial charge in [0.1, 0.15) is 29.3 Å². The highest BCUT2D eigenvalue weighted by Gasteiger charge is 2.22. The van der Waals surface area contributed by atoms with Gasteiger partial charge < -0.3 is 19.0 Å². The van der Waals surface area contributed by atoms with Crippen LogP contribution < -0.4 is 10.4 Å². The summed E-state index contributed by atoms with van der Waals surface area (Å²) >= 11 is 0. The minimum absolute atomic E-state index is 0.0403. The summed E-state index contributed by atoms with van der Waals surface area (Å²) in [6.07, 6.45) is 1.45. The van der Waals surface area contributed by atoms with Gasteiger partial charge in [0.15, 0.2) is 11.3 Å². The van der Waals surface area contributed by atoms with Crippen LogP contribution in [0.3, 0.4) is 0 Å². The van der Waals surface area contributed by atoms with E-state index in [0.717, 1.165) is 0 Å². The van der Waals surface area contributed by atoms with E-state index in [2.05, 4.69) is 11.6 Å². The zero-order valence-electron chi connectivity index (χ0n) is 14.0. The van der Waals surface area contributed by atoms with Crippen molar-refractivity contribution in [3.05, 3.63) is 59.1 Å². The zero-order chi connectivity index (χ0) is 18.7. The first-order chi connectivity index (χ1) is 12.5. The van der Waals surface area contributed by atoms with Crippen molar-refractivity contribution in [1.82, 2.24) is 4.98 Å². The highest BCUT2D eigenvalue weighted by Crippen LogP contribution is 2.39. The van der Waals surface area contributed by atoms with Crippen LogP contribution in [-0.2, 0) is 4.74 Å². The van der Waals surface area contributed by atoms with Crippen molar-refractivity contribution >= 4 is 16.9 Å². The molecule has 0 bridgehead atoms. The number of pyridine rings is 1. The predicted molar refractivity (Wildman–Crippen MR) is 94.9 cm³/mol. The second-order valence-electron chi connectivity index (χ2n) is 5.39. The number of ether oxygens (including phenoxy) is 2. The summed E-state index contributed by atoms with van der Waals surface area (Å²) in [5.74, 6) is -1.03. The molecule has 3 aromatic rings. The van der Waals surface area contributed by atoms with Crippen molar-refractivity contribution in [3.63, 3.8) is 0 Å². The lowest BCUT2D eigenvalue weighted by molar-refractivity contribution is 0.146. The molecule has 0 fully saturated rings. The van der Waals surface area contributed by atoms with E-state index < -0.39 is 17.2 Å². The Balaban J connectivity index is 2.24. The van der Waals surface area contributed by atoms with Crippen LogP contribution in [0, 0.1) is 0 Å². The summed E-state index contributed by atoms with van der Waals surface area (Å²) in [5.41, 5.74) is -0.732. The topological polar surface area (TPSA) is 81.8 Å². The molecule has 0 aliphatic carbocycles. The monoisotopic (exact) mass is 357 g/mol. The van der Waals surface area contributed by atoms with E-state index in [1.165, 1.54) is 31.5 Å². The van der Waals surface area contributed by atoms with Crippen molar-refractivity contribution in [2.75, 3.05) is 20.3 Å². The van der Waals surface area contributed by atoms with Crippen molar-refractivity contribution in [1.29, 1.82) is 0 Å². The first-order valence-corrected chi connectivity index (χ1v) is 7.75. The summed E-state index contributed by atoms with van der Waals surface area (Å²) < 4.78 is 29.8. The minimum Gasteiger partial charge on any atom is -0.505 e. The molecule has 0 unspecified atom stereocenters. The molecule has 0 radical (unpaired) electrons. The Morgan fingerprint density at radius 1 is 1.31 bits per heavy atom. The van der Waals surface area contributed by atoms with Gasteiger partial charge in [0, 0.05) is 18.9 Å². The fraction of sp³-hybridized carbons (Fsp3) is 0.158. The fourth-order valence-corrected chi connectivity index (χ4v) is 2.63. The quantitative estimate of drug-likeness (QED) is 0.680. The SMILES string of the molecule is C=C(F)c1c(OCCOC)cccc1-c1c(O)c2ncccc2oc1=O. The number of hydrogen-bond acceptors (Lipinski definition) is 6. The molecule has 0 amide bonds. The number of methoxy groups -OCH3 is 1. The third kappa shape index (κ3) is 3.16.